The summed E-state index contributed by atoms with van der Waals surface area (Å²) >= 11 is 3.56. The van der Waals surface area contributed by atoms with Crippen LogP contribution < -0.4 is 5.43 Å². The summed E-state index contributed by atoms with van der Waals surface area (Å²) in [6, 6.07) is 13.0. The SMILES string of the molecule is Brc1cncc(C2CCC3(CCNN3Cc3ccccc3)C2)c1. The van der Waals surface area contributed by atoms with Crippen molar-refractivity contribution in [2.45, 2.75) is 43.7 Å². The molecule has 0 amide bonds. The molecule has 0 bridgehead atoms. The second kappa shape index (κ2) is 6.34. The highest BCUT2D eigenvalue weighted by Crippen LogP contribution is 2.47. The molecule has 2 aromatic rings. The van der Waals surface area contributed by atoms with E-state index in [2.05, 4.69) is 67.7 Å². The Labute approximate surface area is 146 Å². The summed E-state index contributed by atoms with van der Waals surface area (Å²) in [5.74, 6) is 0.623. The van der Waals surface area contributed by atoms with Crippen molar-refractivity contribution >= 4 is 15.9 Å². The van der Waals surface area contributed by atoms with Gasteiger partial charge in [-0.25, -0.2) is 5.01 Å². The van der Waals surface area contributed by atoms with Crippen molar-refractivity contribution in [2.24, 2.45) is 0 Å². The molecule has 1 saturated heterocycles. The van der Waals surface area contributed by atoms with Gasteiger partial charge in [0.1, 0.15) is 0 Å². The Hall–Kier alpha value is -1.23. The van der Waals surface area contributed by atoms with Crippen LogP contribution in [0.5, 0.6) is 0 Å². The summed E-state index contributed by atoms with van der Waals surface area (Å²) in [6.45, 7) is 2.08. The molecule has 1 spiro atoms. The molecule has 1 N–H and O–H groups in total. The highest BCUT2D eigenvalue weighted by Gasteiger charge is 2.46. The summed E-state index contributed by atoms with van der Waals surface area (Å²) in [7, 11) is 0. The summed E-state index contributed by atoms with van der Waals surface area (Å²) in [5, 5.41) is 2.51. The lowest BCUT2D eigenvalue weighted by Gasteiger charge is -2.34. The van der Waals surface area contributed by atoms with Crippen LogP contribution in [-0.2, 0) is 6.54 Å². The van der Waals surface area contributed by atoms with Gasteiger partial charge in [-0.3, -0.25) is 10.4 Å². The molecule has 120 valence electrons. The van der Waals surface area contributed by atoms with E-state index in [1.807, 2.05) is 12.4 Å². The van der Waals surface area contributed by atoms with Crippen LogP contribution in [0.2, 0.25) is 0 Å². The predicted octanol–water partition coefficient (Wildman–Crippen LogP) is 4.26. The van der Waals surface area contributed by atoms with Crippen molar-refractivity contribution in [3.05, 3.63) is 64.4 Å². The Morgan fingerprint density at radius 1 is 1.22 bits per heavy atom. The van der Waals surface area contributed by atoms with Gasteiger partial charge in [-0.05, 0) is 64.7 Å². The number of hydrogen-bond donors (Lipinski definition) is 1. The summed E-state index contributed by atoms with van der Waals surface area (Å²) < 4.78 is 1.08. The fourth-order valence-corrected chi connectivity index (χ4v) is 4.61. The maximum absolute atomic E-state index is 4.35. The Kier molecular flexibility index (Phi) is 4.22. The van der Waals surface area contributed by atoms with E-state index in [4.69, 9.17) is 0 Å². The molecule has 23 heavy (non-hydrogen) atoms. The Morgan fingerprint density at radius 3 is 2.91 bits per heavy atom. The maximum atomic E-state index is 4.35. The number of benzene rings is 1. The minimum Gasteiger partial charge on any atom is -0.263 e. The average molecular weight is 372 g/mol. The van der Waals surface area contributed by atoms with Gasteiger partial charge in [0.25, 0.3) is 0 Å². The first-order chi connectivity index (χ1) is 11.3. The molecule has 2 atom stereocenters. The molecule has 1 aromatic heterocycles. The Bertz CT molecular complexity index is 675. The third-order valence-corrected chi connectivity index (χ3v) is 5.86. The molecule has 1 aliphatic carbocycles. The van der Waals surface area contributed by atoms with Gasteiger partial charge in [0.15, 0.2) is 0 Å². The Balaban J connectivity index is 1.52. The zero-order chi connectivity index (χ0) is 15.7. The zero-order valence-corrected chi connectivity index (χ0v) is 14.8. The van der Waals surface area contributed by atoms with Crippen LogP contribution in [0.25, 0.3) is 0 Å². The molecular weight excluding hydrogens is 350 g/mol. The van der Waals surface area contributed by atoms with Gasteiger partial charge in [0, 0.05) is 35.5 Å². The van der Waals surface area contributed by atoms with Crippen LogP contribution in [0.3, 0.4) is 0 Å². The second-order valence-corrected chi connectivity index (χ2v) is 7.75. The number of halogens is 1. The van der Waals surface area contributed by atoms with Crippen LogP contribution in [0.1, 0.15) is 42.7 Å². The zero-order valence-electron chi connectivity index (χ0n) is 13.2. The van der Waals surface area contributed by atoms with Crippen molar-refractivity contribution in [2.75, 3.05) is 6.54 Å². The standard InChI is InChI=1S/C19H22BrN3/c20-18-10-17(12-21-13-18)16-6-7-19(11-16)8-9-22-23(19)14-15-4-2-1-3-5-15/h1-5,10,12-13,16,22H,6-9,11,14H2. The quantitative estimate of drug-likeness (QED) is 0.873. The van der Waals surface area contributed by atoms with Gasteiger partial charge in [0.05, 0.1) is 0 Å². The molecule has 2 unspecified atom stereocenters. The molecule has 2 aliphatic rings. The molecule has 1 saturated carbocycles. The van der Waals surface area contributed by atoms with E-state index in [0.717, 1.165) is 17.6 Å². The van der Waals surface area contributed by atoms with Crippen LogP contribution >= 0.6 is 15.9 Å². The van der Waals surface area contributed by atoms with E-state index >= 15 is 0 Å². The van der Waals surface area contributed by atoms with E-state index < -0.39 is 0 Å². The fraction of sp³-hybridized carbons (Fsp3) is 0.421. The third kappa shape index (κ3) is 3.08. The van der Waals surface area contributed by atoms with E-state index in [9.17, 15) is 0 Å². The summed E-state index contributed by atoms with van der Waals surface area (Å²) in [6.07, 6.45) is 8.91. The highest BCUT2D eigenvalue weighted by atomic mass is 79.9. The lowest BCUT2D eigenvalue weighted by Crippen LogP contribution is -2.45. The number of hydrazine groups is 1. The number of pyridine rings is 1. The van der Waals surface area contributed by atoms with Gasteiger partial charge in [-0.1, -0.05) is 30.3 Å². The monoisotopic (exact) mass is 371 g/mol. The van der Waals surface area contributed by atoms with Crippen molar-refractivity contribution in [3.63, 3.8) is 0 Å². The normalized spacial score (nSPS) is 27.8. The van der Waals surface area contributed by atoms with Crippen LogP contribution in [0, 0.1) is 0 Å². The highest BCUT2D eigenvalue weighted by molar-refractivity contribution is 9.10. The first kappa shape index (κ1) is 15.3. The number of nitrogens with zero attached hydrogens (tertiary/aromatic N) is 2. The minimum absolute atomic E-state index is 0.308. The molecule has 1 aliphatic heterocycles. The van der Waals surface area contributed by atoms with Crippen molar-refractivity contribution in [1.29, 1.82) is 0 Å². The Morgan fingerprint density at radius 2 is 2.09 bits per heavy atom. The smallest absolute Gasteiger partial charge is 0.0410 e. The lowest BCUT2D eigenvalue weighted by molar-refractivity contribution is 0.0856. The topological polar surface area (TPSA) is 28.2 Å². The molecule has 4 heteroatoms. The van der Waals surface area contributed by atoms with Gasteiger partial charge in [-0.2, -0.15) is 0 Å². The summed E-state index contributed by atoms with van der Waals surface area (Å²) in [4.78, 5) is 4.35. The summed E-state index contributed by atoms with van der Waals surface area (Å²) in [5.41, 5.74) is 6.70. The molecule has 0 radical (unpaired) electrons. The maximum Gasteiger partial charge on any atom is 0.0410 e. The van der Waals surface area contributed by atoms with Crippen LogP contribution in [0.4, 0.5) is 0 Å². The van der Waals surface area contributed by atoms with E-state index in [1.54, 1.807) is 0 Å². The number of nitrogens with one attached hydrogen (secondary N) is 1. The van der Waals surface area contributed by atoms with E-state index in [0.29, 0.717) is 11.5 Å². The van der Waals surface area contributed by atoms with Crippen molar-refractivity contribution in [1.82, 2.24) is 15.4 Å². The fourth-order valence-electron chi connectivity index (χ4n) is 4.23. The third-order valence-electron chi connectivity index (χ3n) is 5.43. The second-order valence-electron chi connectivity index (χ2n) is 6.83. The molecule has 4 rings (SSSR count). The van der Waals surface area contributed by atoms with Crippen LogP contribution in [0.15, 0.2) is 53.3 Å². The first-order valence-electron chi connectivity index (χ1n) is 8.41. The number of rotatable bonds is 3. The number of hydrogen-bond acceptors (Lipinski definition) is 3. The van der Waals surface area contributed by atoms with Crippen molar-refractivity contribution in [3.8, 4) is 0 Å². The lowest BCUT2D eigenvalue weighted by atomic mass is 9.90. The van der Waals surface area contributed by atoms with Gasteiger partial charge in [-0.15, -0.1) is 0 Å². The van der Waals surface area contributed by atoms with Crippen LogP contribution in [-0.4, -0.2) is 22.1 Å². The minimum atomic E-state index is 0.308. The molecule has 1 aromatic carbocycles. The van der Waals surface area contributed by atoms with E-state index in [-0.39, 0.29) is 0 Å². The molecular formula is C19H22BrN3. The average Bonchev–Trinajstić information content (AvgIpc) is 3.17. The number of aromatic nitrogens is 1. The first-order valence-corrected chi connectivity index (χ1v) is 9.20. The largest absolute Gasteiger partial charge is 0.263 e. The van der Waals surface area contributed by atoms with Gasteiger partial charge in [0.2, 0.25) is 0 Å². The van der Waals surface area contributed by atoms with Crippen molar-refractivity contribution < 1.29 is 0 Å². The van der Waals surface area contributed by atoms with E-state index in [1.165, 1.54) is 36.8 Å². The van der Waals surface area contributed by atoms with Gasteiger partial charge < -0.3 is 0 Å². The molecule has 2 heterocycles. The predicted molar refractivity (Wildman–Crippen MR) is 95.9 cm³/mol. The van der Waals surface area contributed by atoms with Gasteiger partial charge >= 0.3 is 0 Å². The molecule has 3 nitrogen and oxygen atoms in total. The molecule has 2 fully saturated rings.